The molecule has 1 saturated heterocycles. The zero-order valence-electron chi connectivity index (χ0n) is 13.6. The standard InChI is InChI=1S/C17H22N4O2/c1-12-7-16(20-19-12)15-4-3-13(9-18-15)8-14-5-6-21(10-14)17(22)11-23-2/h3-4,7,9,14H,5-6,8,10-11H2,1-2H3,(H,19,20)/t14-/m0/s1. The maximum Gasteiger partial charge on any atom is 0.248 e. The van der Waals surface area contributed by atoms with Crippen molar-refractivity contribution < 1.29 is 9.53 Å². The first kappa shape index (κ1) is 15.7. The number of hydrogen-bond donors (Lipinski definition) is 1. The Morgan fingerprint density at radius 3 is 2.96 bits per heavy atom. The van der Waals surface area contributed by atoms with Gasteiger partial charge in [-0.2, -0.15) is 5.10 Å². The maximum absolute atomic E-state index is 11.8. The Balaban J connectivity index is 1.58. The van der Waals surface area contributed by atoms with E-state index in [0.717, 1.165) is 43.0 Å². The normalized spacial score (nSPS) is 17.7. The van der Waals surface area contributed by atoms with Crippen LogP contribution in [0, 0.1) is 12.8 Å². The van der Waals surface area contributed by atoms with Crippen LogP contribution in [0.5, 0.6) is 0 Å². The van der Waals surface area contributed by atoms with Crippen molar-refractivity contribution in [1.82, 2.24) is 20.1 Å². The van der Waals surface area contributed by atoms with Crippen molar-refractivity contribution in [2.75, 3.05) is 26.8 Å². The lowest BCUT2D eigenvalue weighted by molar-refractivity contribution is -0.134. The first-order valence-electron chi connectivity index (χ1n) is 7.89. The van der Waals surface area contributed by atoms with E-state index in [4.69, 9.17) is 4.74 Å². The van der Waals surface area contributed by atoms with E-state index in [1.807, 2.05) is 30.2 Å². The van der Waals surface area contributed by atoms with Crippen LogP contribution in [0.1, 0.15) is 17.7 Å². The second-order valence-corrected chi connectivity index (χ2v) is 6.12. The summed E-state index contributed by atoms with van der Waals surface area (Å²) >= 11 is 0. The van der Waals surface area contributed by atoms with Crippen LogP contribution >= 0.6 is 0 Å². The van der Waals surface area contributed by atoms with E-state index in [1.54, 1.807) is 7.11 Å². The molecule has 3 heterocycles. The highest BCUT2D eigenvalue weighted by atomic mass is 16.5. The molecule has 0 aliphatic carbocycles. The molecule has 3 rings (SSSR count). The number of methoxy groups -OCH3 is 1. The Morgan fingerprint density at radius 2 is 2.30 bits per heavy atom. The number of amides is 1. The Hall–Kier alpha value is -2.21. The molecule has 2 aromatic heterocycles. The summed E-state index contributed by atoms with van der Waals surface area (Å²) in [5.74, 6) is 0.577. The highest BCUT2D eigenvalue weighted by Crippen LogP contribution is 2.22. The predicted molar refractivity (Wildman–Crippen MR) is 86.8 cm³/mol. The van der Waals surface area contributed by atoms with Crippen LogP contribution in [0.15, 0.2) is 24.4 Å². The molecule has 0 bridgehead atoms. The van der Waals surface area contributed by atoms with Gasteiger partial charge in [-0.25, -0.2) is 0 Å². The third kappa shape index (κ3) is 3.76. The molecule has 1 fully saturated rings. The number of nitrogens with zero attached hydrogens (tertiary/aromatic N) is 3. The van der Waals surface area contributed by atoms with Gasteiger partial charge in [0.15, 0.2) is 0 Å². The SMILES string of the molecule is COCC(=O)N1CC[C@@H](Cc2ccc(-c3cc(C)[nH]n3)nc2)C1. The van der Waals surface area contributed by atoms with Gasteiger partial charge in [-0.1, -0.05) is 6.07 Å². The first-order chi connectivity index (χ1) is 11.2. The number of aromatic amines is 1. The molecule has 0 radical (unpaired) electrons. The van der Waals surface area contributed by atoms with Gasteiger partial charge in [0.1, 0.15) is 12.3 Å². The Kier molecular flexibility index (Phi) is 4.71. The number of carbonyl (C=O) groups is 1. The molecule has 6 heteroatoms. The number of H-pyrrole nitrogens is 1. The van der Waals surface area contributed by atoms with Crippen LogP contribution in [0.2, 0.25) is 0 Å². The first-order valence-corrected chi connectivity index (χ1v) is 7.89. The second kappa shape index (κ2) is 6.91. The lowest BCUT2D eigenvalue weighted by Crippen LogP contribution is -2.31. The summed E-state index contributed by atoms with van der Waals surface area (Å²) in [4.78, 5) is 18.2. The molecular weight excluding hydrogens is 292 g/mol. The molecule has 6 nitrogen and oxygen atoms in total. The Labute approximate surface area is 135 Å². The fraction of sp³-hybridized carbons (Fsp3) is 0.471. The van der Waals surface area contributed by atoms with Gasteiger partial charge >= 0.3 is 0 Å². The minimum atomic E-state index is 0.0809. The molecule has 1 amide bonds. The van der Waals surface area contributed by atoms with E-state index in [0.29, 0.717) is 5.92 Å². The van der Waals surface area contributed by atoms with Gasteiger partial charge in [-0.05, 0) is 43.4 Å². The molecule has 2 aromatic rings. The number of likely N-dealkylation sites (tertiary alicyclic amines) is 1. The summed E-state index contributed by atoms with van der Waals surface area (Å²) in [6.45, 7) is 3.78. The van der Waals surface area contributed by atoms with E-state index in [-0.39, 0.29) is 12.5 Å². The van der Waals surface area contributed by atoms with Gasteiger partial charge in [0.2, 0.25) is 5.91 Å². The van der Waals surface area contributed by atoms with E-state index >= 15 is 0 Å². The number of carbonyl (C=O) groups excluding carboxylic acids is 1. The summed E-state index contributed by atoms with van der Waals surface area (Å²) in [7, 11) is 1.56. The molecule has 1 aliphatic heterocycles. The van der Waals surface area contributed by atoms with Gasteiger partial charge in [-0.15, -0.1) is 0 Å². The number of aromatic nitrogens is 3. The highest BCUT2D eigenvalue weighted by molar-refractivity contribution is 5.77. The summed E-state index contributed by atoms with van der Waals surface area (Å²) in [6, 6.07) is 6.10. The van der Waals surface area contributed by atoms with Crippen LogP contribution < -0.4 is 0 Å². The lowest BCUT2D eigenvalue weighted by atomic mass is 10.00. The highest BCUT2D eigenvalue weighted by Gasteiger charge is 2.26. The van der Waals surface area contributed by atoms with Crippen LogP contribution in [-0.4, -0.2) is 52.8 Å². The Morgan fingerprint density at radius 1 is 1.43 bits per heavy atom. The summed E-state index contributed by atoms with van der Waals surface area (Å²) in [6.07, 6.45) is 3.90. The van der Waals surface area contributed by atoms with E-state index in [2.05, 4.69) is 21.2 Å². The summed E-state index contributed by atoms with van der Waals surface area (Å²) in [5, 5.41) is 7.15. The summed E-state index contributed by atoms with van der Waals surface area (Å²) in [5.41, 5.74) is 3.97. The van der Waals surface area contributed by atoms with Crippen LogP contribution in [-0.2, 0) is 16.0 Å². The number of nitrogens with one attached hydrogen (secondary N) is 1. The molecule has 1 atom stereocenters. The summed E-state index contributed by atoms with van der Waals surface area (Å²) < 4.78 is 4.92. The van der Waals surface area contributed by atoms with Crippen molar-refractivity contribution in [2.24, 2.45) is 5.92 Å². The second-order valence-electron chi connectivity index (χ2n) is 6.12. The van der Waals surface area contributed by atoms with Crippen molar-refractivity contribution in [1.29, 1.82) is 0 Å². The molecule has 1 N–H and O–H groups in total. The number of pyridine rings is 1. The lowest BCUT2D eigenvalue weighted by Gasteiger charge is -2.16. The van der Waals surface area contributed by atoms with Crippen molar-refractivity contribution in [3.63, 3.8) is 0 Å². The average Bonchev–Trinajstić information content (AvgIpc) is 3.18. The van der Waals surface area contributed by atoms with Gasteiger partial charge < -0.3 is 9.64 Å². The fourth-order valence-electron chi connectivity index (χ4n) is 3.02. The van der Waals surface area contributed by atoms with Crippen LogP contribution in [0.4, 0.5) is 0 Å². The van der Waals surface area contributed by atoms with Gasteiger partial charge in [-0.3, -0.25) is 14.9 Å². The van der Waals surface area contributed by atoms with E-state index in [9.17, 15) is 4.79 Å². The quantitative estimate of drug-likeness (QED) is 0.914. The molecule has 0 aromatic carbocycles. The molecule has 0 saturated carbocycles. The third-order valence-corrected chi connectivity index (χ3v) is 4.22. The van der Waals surface area contributed by atoms with Gasteiger partial charge in [0.25, 0.3) is 0 Å². The third-order valence-electron chi connectivity index (χ3n) is 4.22. The van der Waals surface area contributed by atoms with Crippen molar-refractivity contribution >= 4 is 5.91 Å². The monoisotopic (exact) mass is 314 g/mol. The van der Waals surface area contributed by atoms with Crippen LogP contribution in [0.3, 0.4) is 0 Å². The zero-order valence-corrected chi connectivity index (χ0v) is 13.6. The molecule has 0 spiro atoms. The maximum atomic E-state index is 11.8. The number of rotatable bonds is 5. The molecule has 0 unspecified atom stereocenters. The van der Waals surface area contributed by atoms with E-state index < -0.39 is 0 Å². The van der Waals surface area contributed by atoms with Crippen molar-refractivity contribution in [3.8, 4) is 11.4 Å². The smallest absolute Gasteiger partial charge is 0.248 e. The molecular formula is C17H22N4O2. The minimum absolute atomic E-state index is 0.0809. The Bertz CT molecular complexity index is 665. The number of hydrogen-bond acceptors (Lipinski definition) is 4. The van der Waals surface area contributed by atoms with E-state index in [1.165, 1.54) is 5.56 Å². The van der Waals surface area contributed by atoms with Gasteiger partial charge in [0, 0.05) is 32.1 Å². The number of ether oxygens (including phenoxy) is 1. The average molecular weight is 314 g/mol. The molecule has 23 heavy (non-hydrogen) atoms. The molecule has 122 valence electrons. The number of aryl methyl sites for hydroxylation is 1. The fourth-order valence-corrected chi connectivity index (χ4v) is 3.02. The predicted octanol–water partition coefficient (Wildman–Crippen LogP) is 1.82. The van der Waals surface area contributed by atoms with Crippen molar-refractivity contribution in [2.45, 2.75) is 19.8 Å². The largest absolute Gasteiger partial charge is 0.375 e. The topological polar surface area (TPSA) is 71.1 Å². The van der Waals surface area contributed by atoms with Crippen LogP contribution in [0.25, 0.3) is 11.4 Å². The zero-order chi connectivity index (χ0) is 16.2. The molecule has 1 aliphatic rings. The van der Waals surface area contributed by atoms with Gasteiger partial charge in [0.05, 0.1) is 5.69 Å². The van der Waals surface area contributed by atoms with Crippen molar-refractivity contribution in [3.05, 3.63) is 35.7 Å². The minimum Gasteiger partial charge on any atom is -0.375 e.